The van der Waals surface area contributed by atoms with Crippen molar-refractivity contribution in [3.8, 4) is 22.6 Å². The lowest BCUT2D eigenvalue weighted by atomic mass is 10.1. The summed E-state index contributed by atoms with van der Waals surface area (Å²) in [6.07, 6.45) is 2.20. The highest BCUT2D eigenvalue weighted by Gasteiger charge is 2.15. The number of hydrogen-bond acceptors (Lipinski definition) is 6. The topological polar surface area (TPSA) is 85.3 Å². The van der Waals surface area contributed by atoms with E-state index in [1.807, 2.05) is 70.6 Å². The van der Waals surface area contributed by atoms with E-state index in [2.05, 4.69) is 20.4 Å². The van der Waals surface area contributed by atoms with E-state index in [1.54, 1.807) is 6.92 Å². The zero-order chi connectivity index (χ0) is 20.5. The number of carbonyl (C=O) groups is 1. The molecule has 0 aliphatic carbocycles. The molecular formula is C22H17N5O2S. The number of hydrogen-bond donors (Lipinski definition) is 1. The maximum Gasteiger partial charge on any atom is 0.230 e. The van der Waals surface area contributed by atoms with Crippen LogP contribution in [0.25, 0.3) is 27.6 Å². The molecule has 148 valence electrons. The first-order valence-corrected chi connectivity index (χ1v) is 10.3. The van der Waals surface area contributed by atoms with Crippen LogP contribution in [0.3, 0.4) is 0 Å². The molecule has 0 aliphatic heterocycles. The maximum absolute atomic E-state index is 12.8. The van der Waals surface area contributed by atoms with Crippen LogP contribution in [0.5, 0.6) is 0 Å². The second-order valence-corrected chi connectivity index (χ2v) is 7.62. The standard InChI is InChI=1S/C22H17N5O2S/c1-14-23-21(26-29-14)17-9-5-6-10-18(17)24-20(28)11-16-13-30-22-25-19(12-27(16)22)15-7-3-2-4-8-15/h2-10,12-13H,11H2,1H3,(H,24,28). The van der Waals surface area contributed by atoms with Crippen LogP contribution >= 0.6 is 11.3 Å². The Hall–Kier alpha value is -3.78. The van der Waals surface area contributed by atoms with Crippen LogP contribution in [0.15, 0.2) is 70.7 Å². The molecule has 1 N–H and O–H groups in total. The summed E-state index contributed by atoms with van der Waals surface area (Å²) in [4.78, 5) is 22.6. The number of rotatable bonds is 5. The Labute approximate surface area is 176 Å². The van der Waals surface area contributed by atoms with Gasteiger partial charge in [0.1, 0.15) is 0 Å². The molecule has 7 nitrogen and oxygen atoms in total. The molecule has 0 radical (unpaired) electrons. The molecule has 0 spiro atoms. The normalized spacial score (nSPS) is 11.1. The lowest BCUT2D eigenvalue weighted by Gasteiger charge is -2.08. The molecule has 5 rings (SSSR count). The van der Waals surface area contributed by atoms with Gasteiger partial charge < -0.3 is 9.84 Å². The monoisotopic (exact) mass is 415 g/mol. The number of aryl methyl sites for hydroxylation is 1. The number of imidazole rings is 1. The molecule has 5 aromatic rings. The number of para-hydroxylation sites is 1. The van der Waals surface area contributed by atoms with Crippen molar-refractivity contribution in [1.82, 2.24) is 19.5 Å². The van der Waals surface area contributed by atoms with E-state index < -0.39 is 0 Å². The first-order valence-electron chi connectivity index (χ1n) is 9.38. The molecule has 8 heteroatoms. The third-order valence-electron chi connectivity index (χ3n) is 4.66. The van der Waals surface area contributed by atoms with Gasteiger partial charge in [0.05, 0.1) is 17.8 Å². The van der Waals surface area contributed by atoms with Crippen LogP contribution < -0.4 is 5.32 Å². The van der Waals surface area contributed by atoms with Gasteiger partial charge in [-0.15, -0.1) is 11.3 Å². The molecule has 0 saturated heterocycles. The number of benzene rings is 2. The summed E-state index contributed by atoms with van der Waals surface area (Å²) in [5.41, 5.74) is 4.18. The van der Waals surface area contributed by atoms with Gasteiger partial charge in [-0.1, -0.05) is 47.6 Å². The molecule has 0 unspecified atom stereocenters. The van der Waals surface area contributed by atoms with E-state index >= 15 is 0 Å². The number of amides is 1. The van der Waals surface area contributed by atoms with Gasteiger partial charge in [-0.05, 0) is 12.1 Å². The zero-order valence-corrected chi connectivity index (χ0v) is 16.9. The van der Waals surface area contributed by atoms with Gasteiger partial charge in [-0.25, -0.2) is 4.98 Å². The van der Waals surface area contributed by atoms with Crippen molar-refractivity contribution in [2.24, 2.45) is 0 Å². The zero-order valence-electron chi connectivity index (χ0n) is 16.1. The van der Waals surface area contributed by atoms with Gasteiger partial charge >= 0.3 is 0 Å². The van der Waals surface area contributed by atoms with E-state index in [1.165, 1.54) is 11.3 Å². The van der Waals surface area contributed by atoms with E-state index in [9.17, 15) is 4.79 Å². The van der Waals surface area contributed by atoms with E-state index in [4.69, 9.17) is 4.52 Å². The Bertz CT molecular complexity index is 1340. The molecule has 3 heterocycles. The van der Waals surface area contributed by atoms with Crippen LogP contribution in [-0.4, -0.2) is 25.4 Å². The number of nitrogens with zero attached hydrogens (tertiary/aromatic N) is 4. The summed E-state index contributed by atoms with van der Waals surface area (Å²) in [6, 6.07) is 17.4. The molecule has 0 atom stereocenters. The average Bonchev–Trinajstić information content (AvgIpc) is 3.46. The van der Waals surface area contributed by atoms with Crippen molar-refractivity contribution < 1.29 is 9.32 Å². The fourth-order valence-corrected chi connectivity index (χ4v) is 4.13. The molecule has 0 bridgehead atoms. The number of carbonyl (C=O) groups excluding carboxylic acids is 1. The molecule has 2 aromatic carbocycles. The summed E-state index contributed by atoms with van der Waals surface area (Å²) in [6.45, 7) is 1.73. The van der Waals surface area contributed by atoms with Gasteiger partial charge in [0.25, 0.3) is 0 Å². The highest BCUT2D eigenvalue weighted by molar-refractivity contribution is 7.15. The molecule has 0 saturated carbocycles. The Morgan fingerprint density at radius 3 is 2.70 bits per heavy atom. The predicted octanol–water partition coefficient (Wildman–Crippen LogP) is 4.60. The minimum atomic E-state index is -0.127. The van der Waals surface area contributed by atoms with Crippen molar-refractivity contribution in [3.63, 3.8) is 0 Å². The lowest BCUT2D eigenvalue weighted by Crippen LogP contribution is -2.16. The molecule has 0 aliphatic rings. The van der Waals surface area contributed by atoms with Crippen molar-refractivity contribution in [3.05, 3.63) is 77.8 Å². The Morgan fingerprint density at radius 1 is 1.10 bits per heavy atom. The van der Waals surface area contributed by atoms with Crippen LogP contribution in [0, 0.1) is 6.92 Å². The van der Waals surface area contributed by atoms with Crippen LogP contribution in [-0.2, 0) is 11.2 Å². The van der Waals surface area contributed by atoms with Crippen molar-refractivity contribution in [1.29, 1.82) is 0 Å². The fourth-order valence-electron chi connectivity index (χ4n) is 3.26. The highest BCUT2D eigenvalue weighted by atomic mass is 32.1. The van der Waals surface area contributed by atoms with Crippen molar-refractivity contribution >= 4 is 27.9 Å². The fraction of sp³-hybridized carbons (Fsp3) is 0.0909. The summed E-state index contributed by atoms with van der Waals surface area (Å²) < 4.78 is 7.04. The van der Waals surface area contributed by atoms with E-state index in [-0.39, 0.29) is 12.3 Å². The average molecular weight is 415 g/mol. The third kappa shape index (κ3) is 3.48. The summed E-state index contributed by atoms with van der Waals surface area (Å²) >= 11 is 1.52. The SMILES string of the molecule is Cc1nc(-c2ccccc2NC(=O)Cc2csc3nc(-c4ccccc4)cn23)no1. The summed E-state index contributed by atoms with van der Waals surface area (Å²) in [5, 5.41) is 8.89. The Morgan fingerprint density at radius 2 is 1.90 bits per heavy atom. The Kier molecular flexibility index (Phi) is 4.61. The third-order valence-corrected chi connectivity index (χ3v) is 5.55. The van der Waals surface area contributed by atoms with Gasteiger partial charge in [-0.3, -0.25) is 9.20 Å². The number of fused-ring (bicyclic) bond motifs is 1. The predicted molar refractivity (Wildman–Crippen MR) is 115 cm³/mol. The summed E-state index contributed by atoms with van der Waals surface area (Å²) in [7, 11) is 0. The molecule has 30 heavy (non-hydrogen) atoms. The van der Waals surface area contributed by atoms with Crippen LogP contribution in [0.4, 0.5) is 5.69 Å². The Balaban J connectivity index is 1.38. The number of thiazole rings is 1. The molecular weight excluding hydrogens is 398 g/mol. The highest BCUT2D eigenvalue weighted by Crippen LogP contribution is 2.27. The van der Waals surface area contributed by atoms with Crippen LogP contribution in [0.2, 0.25) is 0 Å². The molecule has 3 aromatic heterocycles. The van der Waals surface area contributed by atoms with Gasteiger partial charge in [-0.2, -0.15) is 4.98 Å². The van der Waals surface area contributed by atoms with Crippen LogP contribution in [0.1, 0.15) is 11.6 Å². The van der Waals surface area contributed by atoms with E-state index in [0.29, 0.717) is 23.0 Å². The lowest BCUT2D eigenvalue weighted by molar-refractivity contribution is -0.115. The first-order chi connectivity index (χ1) is 14.7. The minimum absolute atomic E-state index is 0.127. The quantitative estimate of drug-likeness (QED) is 0.453. The van der Waals surface area contributed by atoms with E-state index in [0.717, 1.165) is 21.9 Å². The van der Waals surface area contributed by atoms with Crippen molar-refractivity contribution in [2.75, 3.05) is 5.32 Å². The second kappa shape index (κ2) is 7.57. The van der Waals surface area contributed by atoms with Gasteiger partial charge in [0.2, 0.25) is 17.6 Å². The molecule has 0 fully saturated rings. The number of aromatic nitrogens is 4. The number of nitrogens with one attached hydrogen (secondary N) is 1. The first kappa shape index (κ1) is 18.3. The summed E-state index contributed by atoms with van der Waals surface area (Å²) in [5.74, 6) is 0.793. The van der Waals surface area contributed by atoms with Gasteiger partial charge in [0, 0.05) is 35.3 Å². The number of anilines is 1. The molecule has 1 amide bonds. The van der Waals surface area contributed by atoms with Crippen molar-refractivity contribution in [2.45, 2.75) is 13.3 Å². The second-order valence-electron chi connectivity index (χ2n) is 6.78. The smallest absolute Gasteiger partial charge is 0.230 e. The largest absolute Gasteiger partial charge is 0.339 e. The maximum atomic E-state index is 12.8. The van der Waals surface area contributed by atoms with Gasteiger partial charge in [0.15, 0.2) is 4.96 Å². The minimum Gasteiger partial charge on any atom is -0.339 e.